The molecule has 1 aliphatic heterocycles. The first-order valence-electron chi connectivity index (χ1n) is 11.5. The number of ether oxygens (including phenoxy) is 3. The van der Waals surface area contributed by atoms with Crippen molar-refractivity contribution in [3.05, 3.63) is 42.5 Å². The van der Waals surface area contributed by atoms with Gasteiger partial charge in [-0.2, -0.15) is 5.10 Å². The van der Waals surface area contributed by atoms with Crippen LogP contribution in [0, 0.1) is 5.92 Å². The van der Waals surface area contributed by atoms with Gasteiger partial charge in [0.25, 0.3) is 5.91 Å². The molecule has 12 nitrogen and oxygen atoms in total. The molecule has 1 saturated heterocycles. The van der Waals surface area contributed by atoms with Gasteiger partial charge in [0.1, 0.15) is 18.0 Å². The Morgan fingerprint density at radius 1 is 1.19 bits per heavy atom. The predicted molar refractivity (Wildman–Crippen MR) is 130 cm³/mol. The molecule has 188 valence electrons. The smallest absolute Gasteiger partial charge is 0.252 e. The lowest BCUT2D eigenvalue weighted by atomic mass is 10.1. The van der Waals surface area contributed by atoms with Crippen LogP contribution in [0.4, 0.5) is 17.3 Å². The third-order valence-electron chi connectivity index (χ3n) is 6.29. The number of pyridine rings is 2. The lowest BCUT2D eigenvalue weighted by molar-refractivity contribution is -0.117. The first-order valence-corrected chi connectivity index (χ1v) is 11.5. The van der Waals surface area contributed by atoms with Crippen LogP contribution in [0.2, 0.25) is 0 Å². The Hall–Kier alpha value is -4.03. The maximum Gasteiger partial charge on any atom is 0.252 e. The second-order valence-corrected chi connectivity index (χ2v) is 8.70. The fourth-order valence-electron chi connectivity index (χ4n) is 4.15. The van der Waals surface area contributed by atoms with Gasteiger partial charge in [0, 0.05) is 48.8 Å². The maximum atomic E-state index is 12.2. The Morgan fingerprint density at radius 3 is 2.75 bits per heavy atom. The number of anilines is 3. The van der Waals surface area contributed by atoms with Crippen LogP contribution in [0.5, 0.6) is 5.75 Å². The van der Waals surface area contributed by atoms with Crippen molar-refractivity contribution in [2.75, 3.05) is 38.1 Å². The van der Waals surface area contributed by atoms with Crippen molar-refractivity contribution < 1.29 is 23.8 Å². The van der Waals surface area contributed by atoms with Gasteiger partial charge in [-0.3, -0.25) is 14.3 Å². The molecule has 1 saturated carbocycles. The fraction of sp³-hybridized carbons (Fsp3) is 0.375. The van der Waals surface area contributed by atoms with E-state index in [4.69, 9.17) is 19.9 Å². The van der Waals surface area contributed by atoms with E-state index < -0.39 is 5.91 Å². The molecular formula is C24H27N7O5. The second-order valence-electron chi connectivity index (χ2n) is 8.70. The zero-order valence-electron chi connectivity index (χ0n) is 19.9. The van der Waals surface area contributed by atoms with Crippen molar-refractivity contribution in [3.63, 3.8) is 0 Å². The molecule has 5 rings (SSSR count). The van der Waals surface area contributed by atoms with E-state index in [1.807, 2.05) is 16.9 Å². The van der Waals surface area contributed by atoms with E-state index in [0.717, 1.165) is 24.0 Å². The Bertz CT molecular complexity index is 1290. The van der Waals surface area contributed by atoms with Gasteiger partial charge < -0.3 is 30.6 Å². The number of hydrogen-bond donors (Lipinski definition) is 3. The summed E-state index contributed by atoms with van der Waals surface area (Å²) in [6.45, 7) is 1.03. The molecule has 0 radical (unpaired) electrons. The van der Waals surface area contributed by atoms with Crippen molar-refractivity contribution in [2.24, 2.45) is 11.7 Å². The van der Waals surface area contributed by atoms with Crippen molar-refractivity contribution in [1.82, 2.24) is 19.7 Å². The lowest BCUT2D eigenvalue weighted by Gasteiger charge is -2.17. The summed E-state index contributed by atoms with van der Waals surface area (Å²) < 4.78 is 18.6. The molecule has 3 aromatic rings. The number of nitrogens with two attached hydrogens (primary N) is 1. The zero-order chi connectivity index (χ0) is 25.2. The number of carbonyl (C=O) groups is 2. The lowest BCUT2D eigenvalue weighted by Crippen LogP contribution is -2.24. The van der Waals surface area contributed by atoms with E-state index in [1.165, 1.54) is 13.3 Å². The average Bonchev–Trinajstić information content (AvgIpc) is 3.42. The molecule has 2 amide bonds. The van der Waals surface area contributed by atoms with Crippen molar-refractivity contribution >= 4 is 29.1 Å². The number of hydrogen-bond acceptors (Lipinski definition) is 9. The molecular weight excluding hydrogens is 466 g/mol. The quantitative estimate of drug-likeness (QED) is 0.406. The molecule has 2 fully saturated rings. The minimum Gasteiger partial charge on any atom is -0.492 e. The van der Waals surface area contributed by atoms with Gasteiger partial charge >= 0.3 is 0 Å². The van der Waals surface area contributed by atoms with E-state index >= 15 is 0 Å². The highest BCUT2D eigenvalue weighted by Gasteiger charge is 2.31. The molecule has 36 heavy (non-hydrogen) atoms. The highest BCUT2D eigenvalue weighted by molar-refractivity contribution is 6.00. The number of amides is 2. The predicted octanol–water partition coefficient (Wildman–Crippen LogP) is 2.13. The Labute approximate surface area is 207 Å². The van der Waals surface area contributed by atoms with Crippen LogP contribution in [0.1, 0.15) is 29.2 Å². The topological polar surface area (TPSA) is 156 Å². The third kappa shape index (κ3) is 4.72. The van der Waals surface area contributed by atoms with Gasteiger partial charge in [-0.05, 0) is 18.9 Å². The number of carbonyl (C=O) groups excluding carboxylic acids is 2. The van der Waals surface area contributed by atoms with Gasteiger partial charge in [-0.15, -0.1) is 0 Å². The van der Waals surface area contributed by atoms with E-state index in [1.54, 1.807) is 25.6 Å². The Morgan fingerprint density at radius 2 is 2.03 bits per heavy atom. The fourth-order valence-corrected chi connectivity index (χ4v) is 4.15. The van der Waals surface area contributed by atoms with Crippen molar-refractivity contribution in [1.29, 1.82) is 0 Å². The first-order chi connectivity index (χ1) is 17.5. The molecule has 2 atom stereocenters. The van der Waals surface area contributed by atoms with Crippen molar-refractivity contribution in [2.45, 2.75) is 25.0 Å². The minimum atomic E-state index is -0.673. The van der Waals surface area contributed by atoms with Gasteiger partial charge in [0.2, 0.25) is 5.91 Å². The summed E-state index contributed by atoms with van der Waals surface area (Å²) in [5.41, 5.74) is 7.60. The second kappa shape index (κ2) is 9.91. The van der Waals surface area contributed by atoms with Crippen molar-refractivity contribution in [3.8, 4) is 16.9 Å². The summed E-state index contributed by atoms with van der Waals surface area (Å²) >= 11 is 0. The van der Waals surface area contributed by atoms with Gasteiger partial charge in [-0.1, -0.05) is 0 Å². The van der Waals surface area contributed by atoms with Crippen LogP contribution >= 0.6 is 0 Å². The van der Waals surface area contributed by atoms with E-state index in [0.29, 0.717) is 36.3 Å². The maximum absolute atomic E-state index is 12.2. The molecule has 0 spiro atoms. The number of nitrogens with zero attached hydrogens (tertiary/aromatic N) is 4. The third-order valence-corrected chi connectivity index (χ3v) is 6.29. The summed E-state index contributed by atoms with van der Waals surface area (Å²) in [4.78, 5) is 32.8. The molecule has 0 unspecified atom stereocenters. The van der Waals surface area contributed by atoms with Crippen LogP contribution in [-0.2, 0) is 14.3 Å². The summed E-state index contributed by atoms with van der Waals surface area (Å²) in [7, 11) is 3.19. The number of aromatic nitrogens is 4. The van der Waals surface area contributed by atoms with E-state index in [9.17, 15) is 9.59 Å². The molecule has 12 heteroatoms. The molecule has 1 aliphatic carbocycles. The van der Waals surface area contributed by atoms with Gasteiger partial charge in [0.05, 0.1) is 37.8 Å². The van der Waals surface area contributed by atoms with E-state index in [-0.39, 0.29) is 29.5 Å². The standard InChI is InChI=1S/C24H27N7O5/c1-34-19-12-36-11-18(19)31-10-14(8-28-31)15-5-6-26-23(21(15)35-2)29-17-7-20(27-9-16(17)22(25)32)30-24(33)13-3-4-13/h5-10,13,18-19H,3-4,11-12H2,1-2H3,(H2,25,32)(H2,26,27,29,30,33)/t18-,19-/m1/s1. The van der Waals surface area contributed by atoms with Crippen LogP contribution in [0.15, 0.2) is 36.9 Å². The number of nitrogens with one attached hydrogen (secondary N) is 2. The van der Waals surface area contributed by atoms with Gasteiger partial charge in [0.15, 0.2) is 11.6 Å². The normalized spacial score (nSPS) is 19.2. The highest BCUT2D eigenvalue weighted by Crippen LogP contribution is 2.38. The van der Waals surface area contributed by atoms with Crippen LogP contribution in [-0.4, -0.2) is 65.1 Å². The van der Waals surface area contributed by atoms with Crippen LogP contribution < -0.4 is 21.1 Å². The summed E-state index contributed by atoms with van der Waals surface area (Å²) in [5.74, 6) is 0.343. The molecule has 4 heterocycles. The highest BCUT2D eigenvalue weighted by atomic mass is 16.5. The zero-order valence-corrected chi connectivity index (χ0v) is 19.9. The van der Waals surface area contributed by atoms with E-state index in [2.05, 4.69) is 25.7 Å². The Balaban J connectivity index is 1.45. The molecule has 3 aromatic heterocycles. The van der Waals surface area contributed by atoms with Gasteiger partial charge in [-0.25, -0.2) is 9.97 Å². The van der Waals surface area contributed by atoms with Crippen LogP contribution in [0.25, 0.3) is 11.1 Å². The summed E-state index contributed by atoms with van der Waals surface area (Å²) in [6, 6.07) is 3.33. The molecule has 2 aliphatic rings. The number of rotatable bonds is 9. The first kappa shape index (κ1) is 23.7. The summed E-state index contributed by atoms with van der Waals surface area (Å²) in [5, 5.41) is 10.4. The largest absolute Gasteiger partial charge is 0.492 e. The minimum absolute atomic E-state index is 0.00773. The van der Waals surface area contributed by atoms with Crippen LogP contribution in [0.3, 0.4) is 0 Å². The number of primary amides is 1. The molecule has 4 N–H and O–H groups in total. The average molecular weight is 494 g/mol. The SMILES string of the molecule is COc1c(-c2cnn([C@@H]3COC[C@H]3OC)c2)ccnc1Nc1cc(NC(=O)C2CC2)ncc1C(N)=O. The molecule has 0 bridgehead atoms. The monoisotopic (exact) mass is 493 g/mol. The number of methoxy groups -OCH3 is 2. The molecule has 0 aromatic carbocycles. The Kier molecular flexibility index (Phi) is 6.53. The summed E-state index contributed by atoms with van der Waals surface area (Å²) in [6.07, 6.45) is 8.22.